The van der Waals surface area contributed by atoms with Gasteiger partial charge in [-0.2, -0.15) is 5.10 Å². The van der Waals surface area contributed by atoms with Gasteiger partial charge in [0.25, 0.3) is 11.6 Å². The number of nitrogens with zero attached hydrogens (tertiary/aromatic N) is 7. The zero-order valence-corrected chi connectivity index (χ0v) is 24.3. The number of aromatic nitrogens is 4. The van der Waals surface area contributed by atoms with E-state index >= 15 is 0 Å². The van der Waals surface area contributed by atoms with Gasteiger partial charge in [-0.1, -0.05) is 41.4 Å². The Kier molecular flexibility index (Phi) is 7.49. The first kappa shape index (κ1) is 28.2. The number of non-ortho nitro benzene ring substituents is 1. The second-order valence-corrected chi connectivity index (χ2v) is 10.9. The maximum absolute atomic E-state index is 13.7. The lowest BCUT2D eigenvalue weighted by atomic mass is 10.1. The number of rotatable bonds is 6. The molecule has 10 nitrogen and oxygen atoms in total. The van der Waals surface area contributed by atoms with Gasteiger partial charge < -0.3 is 9.80 Å². The van der Waals surface area contributed by atoms with Crippen LogP contribution in [0.4, 0.5) is 15.9 Å². The highest BCUT2D eigenvalue weighted by atomic mass is 35.5. The molecular weight excluding hydrogens is 573 g/mol. The van der Waals surface area contributed by atoms with Gasteiger partial charge in [0.05, 0.1) is 32.3 Å². The van der Waals surface area contributed by atoms with Crippen LogP contribution in [0.2, 0.25) is 5.02 Å². The van der Waals surface area contributed by atoms with Crippen LogP contribution in [0.5, 0.6) is 0 Å². The molecule has 0 radical (unpaired) electrons. The number of fused-ring (bicyclic) bond motifs is 1. The number of piperazine rings is 1. The summed E-state index contributed by atoms with van der Waals surface area (Å²) in [4.78, 5) is 37.5. The minimum Gasteiger partial charge on any atom is -0.352 e. The van der Waals surface area contributed by atoms with Gasteiger partial charge in [-0.15, -0.1) is 0 Å². The number of hydrogen-bond acceptors (Lipinski definition) is 7. The normalized spacial score (nSPS) is 13.5. The zero-order valence-electron chi connectivity index (χ0n) is 23.5. The van der Waals surface area contributed by atoms with Crippen molar-refractivity contribution in [3.05, 3.63) is 116 Å². The Morgan fingerprint density at radius 3 is 2.33 bits per heavy atom. The van der Waals surface area contributed by atoms with E-state index in [2.05, 4.69) is 29.2 Å². The minimum absolute atomic E-state index is 0.0451. The fourth-order valence-electron chi connectivity index (χ4n) is 5.25. The summed E-state index contributed by atoms with van der Waals surface area (Å²) >= 11 is 6.24. The van der Waals surface area contributed by atoms with Gasteiger partial charge >= 0.3 is 0 Å². The molecule has 43 heavy (non-hydrogen) atoms. The van der Waals surface area contributed by atoms with Gasteiger partial charge in [-0.05, 0) is 49.7 Å². The second-order valence-electron chi connectivity index (χ2n) is 10.5. The average Bonchev–Trinajstić information content (AvgIpc) is 3.34. The SMILES string of the molecule is Cc1ccc(Cc2nc(N3CCN(C(=O)c4ccc([N+](=O)[O-])cc4Cl)CC3)c3c(C)nn(-c4ccc(F)cc4)c3n2)cc1. The molecule has 0 bridgehead atoms. The number of anilines is 1. The molecule has 1 fully saturated rings. The summed E-state index contributed by atoms with van der Waals surface area (Å²) in [6.45, 7) is 5.72. The summed E-state index contributed by atoms with van der Waals surface area (Å²) in [5.74, 6) is 0.715. The smallest absolute Gasteiger partial charge is 0.270 e. The van der Waals surface area contributed by atoms with Crippen molar-refractivity contribution < 1.29 is 14.1 Å². The highest BCUT2D eigenvalue weighted by Gasteiger charge is 2.28. The van der Waals surface area contributed by atoms with Crippen molar-refractivity contribution in [3.63, 3.8) is 0 Å². The highest BCUT2D eigenvalue weighted by molar-refractivity contribution is 6.34. The Morgan fingerprint density at radius 2 is 1.67 bits per heavy atom. The third kappa shape index (κ3) is 5.63. The fourth-order valence-corrected chi connectivity index (χ4v) is 5.50. The van der Waals surface area contributed by atoms with Crippen molar-refractivity contribution in [3.8, 4) is 5.69 Å². The lowest BCUT2D eigenvalue weighted by Gasteiger charge is -2.36. The molecule has 0 unspecified atom stereocenters. The van der Waals surface area contributed by atoms with Gasteiger partial charge in [-0.3, -0.25) is 14.9 Å². The highest BCUT2D eigenvalue weighted by Crippen LogP contribution is 2.31. The number of nitro groups is 1. The summed E-state index contributed by atoms with van der Waals surface area (Å²) in [6.07, 6.45) is 0.508. The van der Waals surface area contributed by atoms with E-state index < -0.39 is 4.92 Å². The quantitative estimate of drug-likeness (QED) is 0.182. The number of nitro benzene ring substituents is 1. The van der Waals surface area contributed by atoms with E-state index in [0.717, 1.165) is 28.0 Å². The van der Waals surface area contributed by atoms with Gasteiger partial charge in [0.15, 0.2) is 5.65 Å². The summed E-state index contributed by atoms with van der Waals surface area (Å²) < 4.78 is 15.4. The number of carbonyl (C=O) groups excluding carboxylic acids is 1. The van der Waals surface area contributed by atoms with E-state index in [0.29, 0.717) is 49.8 Å². The predicted molar refractivity (Wildman–Crippen MR) is 162 cm³/mol. The third-order valence-corrected chi connectivity index (χ3v) is 7.86. The van der Waals surface area contributed by atoms with Crippen molar-refractivity contribution in [2.24, 2.45) is 0 Å². The number of hydrogen-bond donors (Lipinski definition) is 0. The van der Waals surface area contributed by atoms with Crippen LogP contribution in [0.25, 0.3) is 16.7 Å². The molecule has 3 heterocycles. The number of benzene rings is 3. The van der Waals surface area contributed by atoms with Gasteiger partial charge in [0, 0.05) is 44.7 Å². The number of carbonyl (C=O) groups is 1. The van der Waals surface area contributed by atoms with Crippen LogP contribution in [0, 0.1) is 29.8 Å². The van der Waals surface area contributed by atoms with Crippen LogP contribution < -0.4 is 4.90 Å². The summed E-state index contributed by atoms with van der Waals surface area (Å²) in [7, 11) is 0. The molecule has 0 N–H and O–H groups in total. The molecule has 0 aliphatic carbocycles. The lowest BCUT2D eigenvalue weighted by molar-refractivity contribution is -0.384. The Morgan fingerprint density at radius 1 is 0.977 bits per heavy atom. The molecule has 0 spiro atoms. The molecule has 1 aliphatic rings. The van der Waals surface area contributed by atoms with Gasteiger partial charge in [0.2, 0.25) is 0 Å². The van der Waals surface area contributed by atoms with E-state index in [9.17, 15) is 19.3 Å². The Bertz CT molecular complexity index is 1850. The summed E-state index contributed by atoms with van der Waals surface area (Å²) in [5, 5.41) is 16.7. The van der Waals surface area contributed by atoms with E-state index in [4.69, 9.17) is 26.7 Å². The molecule has 1 amide bonds. The van der Waals surface area contributed by atoms with E-state index in [1.807, 2.05) is 13.8 Å². The van der Waals surface area contributed by atoms with Crippen LogP contribution in [0.3, 0.4) is 0 Å². The zero-order chi connectivity index (χ0) is 30.2. The Labute approximate surface area is 251 Å². The van der Waals surface area contributed by atoms with Crippen molar-refractivity contribution >= 4 is 40.0 Å². The predicted octanol–water partition coefficient (Wildman–Crippen LogP) is 5.69. The fraction of sp³-hybridized carbons (Fsp3) is 0.226. The first-order chi connectivity index (χ1) is 20.7. The van der Waals surface area contributed by atoms with Crippen LogP contribution in [0.15, 0.2) is 66.7 Å². The maximum Gasteiger partial charge on any atom is 0.270 e. The molecule has 2 aromatic heterocycles. The van der Waals surface area contributed by atoms with Crippen LogP contribution in [-0.2, 0) is 6.42 Å². The van der Waals surface area contributed by atoms with Crippen molar-refractivity contribution in [2.45, 2.75) is 20.3 Å². The van der Waals surface area contributed by atoms with Gasteiger partial charge in [-0.25, -0.2) is 19.0 Å². The first-order valence-corrected chi connectivity index (χ1v) is 14.1. The molecule has 1 aliphatic heterocycles. The van der Waals surface area contributed by atoms with Crippen LogP contribution in [0.1, 0.15) is 33.0 Å². The molecule has 3 aromatic carbocycles. The standard InChI is InChI=1S/C31H27ClFN7O3/c1-19-3-5-21(6-4-19)17-27-34-29(28-20(2)36-39(30(28)35-27)23-9-7-22(33)8-10-23)37-13-15-38(16-14-37)31(41)25-12-11-24(40(42)43)18-26(25)32/h3-12,18H,13-17H2,1-2H3. The second kappa shape index (κ2) is 11.4. The minimum atomic E-state index is -0.547. The van der Waals surface area contributed by atoms with Crippen LogP contribution in [-0.4, -0.2) is 61.7 Å². The Hall–Kier alpha value is -4.90. The molecule has 12 heteroatoms. The van der Waals surface area contributed by atoms with Crippen molar-refractivity contribution in [2.75, 3.05) is 31.1 Å². The van der Waals surface area contributed by atoms with Gasteiger partial charge in [0.1, 0.15) is 17.5 Å². The van der Waals surface area contributed by atoms with Crippen molar-refractivity contribution in [1.82, 2.24) is 24.6 Å². The summed E-state index contributed by atoms with van der Waals surface area (Å²) in [5.41, 5.74) is 4.31. The number of amides is 1. The number of aryl methyl sites for hydroxylation is 2. The first-order valence-electron chi connectivity index (χ1n) is 13.7. The molecular formula is C31H27ClFN7O3. The monoisotopic (exact) mass is 599 g/mol. The third-order valence-electron chi connectivity index (χ3n) is 7.54. The molecule has 0 saturated carbocycles. The average molecular weight is 600 g/mol. The molecule has 0 atom stereocenters. The lowest BCUT2D eigenvalue weighted by Crippen LogP contribution is -2.49. The van der Waals surface area contributed by atoms with Crippen LogP contribution >= 0.6 is 11.6 Å². The molecule has 5 aromatic rings. The summed E-state index contributed by atoms with van der Waals surface area (Å²) in [6, 6.07) is 18.2. The number of halogens is 2. The van der Waals surface area contributed by atoms with E-state index in [1.54, 1.807) is 21.7 Å². The molecule has 1 saturated heterocycles. The topological polar surface area (TPSA) is 110 Å². The molecule has 6 rings (SSSR count). The maximum atomic E-state index is 13.7. The van der Waals surface area contributed by atoms with E-state index in [-0.39, 0.29) is 28.0 Å². The van der Waals surface area contributed by atoms with Crippen molar-refractivity contribution in [1.29, 1.82) is 0 Å². The Balaban J connectivity index is 1.33. The largest absolute Gasteiger partial charge is 0.352 e. The molecule has 218 valence electrons. The van der Waals surface area contributed by atoms with E-state index in [1.165, 1.54) is 30.3 Å².